The number of nitrogens with zero attached hydrogens (tertiary/aromatic N) is 2. The van der Waals surface area contributed by atoms with Crippen molar-refractivity contribution in [3.63, 3.8) is 0 Å². The topological polar surface area (TPSA) is 109 Å². The van der Waals surface area contributed by atoms with Crippen LogP contribution in [0.5, 0.6) is 5.75 Å². The van der Waals surface area contributed by atoms with Gasteiger partial charge in [0.25, 0.3) is 0 Å². The molecule has 3 N–H and O–H groups in total. The van der Waals surface area contributed by atoms with E-state index < -0.39 is 11.0 Å². The number of anilines is 1. The first kappa shape index (κ1) is 13.2. The Morgan fingerprint density at radius 2 is 2.11 bits per heavy atom. The van der Waals surface area contributed by atoms with Gasteiger partial charge in [-0.1, -0.05) is 12.1 Å². The zero-order chi connectivity index (χ0) is 13.8. The lowest BCUT2D eigenvalue weighted by Crippen LogP contribution is -2.11. The number of nitro groups is 1. The molecule has 0 aliphatic carbocycles. The van der Waals surface area contributed by atoms with Crippen LogP contribution < -0.4 is 5.32 Å². The molecule has 0 saturated carbocycles. The van der Waals surface area contributed by atoms with Crippen molar-refractivity contribution in [2.75, 3.05) is 11.9 Å². The average Bonchev–Trinajstić information content (AvgIpc) is 2.86. The highest BCUT2D eigenvalue weighted by Crippen LogP contribution is 2.25. The number of aliphatic hydroxyl groups is 1. The molecule has 0 radical (unpaired) electrons. The number of hydrogen-bond acceptors (Lipinski definition) is 7. The molecular weight excluding hydrogens is 270 g/mol. The van der Waals surface area contributed by atoms with Gasteiger partial charge in [0, 0.05) is 6.54 Å². The maximum Gasteiger partial charge on any atom is 0.345 e. The van der Waals surface area contributed by atoms with E-state index in [9.17, 15) is 15.2 Å². The molecule has 7 nitrogen and oxygen atoms in total. The average molecular weight is 281 g/mol. The second kappa shape index (κ2) is 5.63. The SMILES string of the molecule is O=[N+]([O-])c1cnc(NCC(O)c2ccc(O)cc2)s1. The lowest BCUT2D eigenvalue weighted by molar-refractivity contribution is -0.380. The van der Waals surface area contributed by atoms with E-state index in [4.69, 9.17) is 5.11 Å². The van der Waals surface area contributed by atoms with Crippen LogP contribution in [0.15, 0.2) is 30.5 Å². The number of rotatable bonds is 5. The summed E-state index contributed by atoms with van der Waals surface area (Å²) in [6, 6.07) is 6.16. The van der Waals surface area contributed by atoms with Crippen molar-refractivity contribution in [3.05, 3.63) is 46.1 Å². The fraction of sp³-hybridized carbons (Fsp3) is 0.182. The minimum absolute atomic E-state index is 0.0541. The predicted octanol–water partition coefficient (Wildman–Crippen LogP) is 1.90. The van der Waals surface area contributed by atoms with Gasteiger partial charge in [0.2, 0.25) is 0 Å². The maximum atomic E-state index is 10.5. The van der Waals surface area contributed by atoms with Crippen LogP contribution in [0.4, 0.5) is 10.1 Å². The summed E-state index contributed by atoms with van der Waals surface area (Å²) in [4.78, 5) is 13.8. The molecule has 0 saturated heterocycles. The van der Waals surface area contributed by atoms with E-state index >= 15 is 0 Å². The number of hydrogen-bond donors (Lipinski definition) is 3. The van der Waals surface area contributed by atoms with E-state index in [1.54, 1.807) is 12.1 Å². The summed E-state index contributed by atoms with van der Waals surface area (Å²) in [6.45, 7) is 0.176. The number of phenols is 1. The Kier molecular flexibility index (Phi) is 3.93. The molecule has 1 aromatic heterocycles. The predicted molar refractivity (Wildman–Crippen MR) is 70.3 cm³/mol. The van der Waals surface area contributed by atoms with Crippen LogP contribution in [-0.2, 0) is 0 Å². The third kappa shape index (κ3) is 3.39. The maximum absolute atomic E-state index is 10.5. The van der Waals surface area contributed by atoms with Crippen LogP contribution >= 0.6 is 11.3 Å². The molecule has 8 heteroatoms. The standard InChI is InChI=1S/C11H11N3O4S/c15-8-3-1-7(2-4-8)9(16)5-12-11-13-6-10(19-11)14(17)18/h1-4,6,9,15-16H,5H2,(H,12,13). The Hall–Kier alpha value is -2.19. The monoisotopic (exact) mass is 281 g/mol. The van der Waals surface area contributed by atoms with Crippen LogP contribution in [0.25, 0.3) is 0 Å². The molecule has 0 spiro atoms. The van der Waals surface area contributed by atoms with Gasteiger partial charge in [-0.25, -0.2) is 4.98 Å². The van der Waals surface area contributed by atoms with Crippen molar-refractivity contribution >= 4 is 21.5 Å². The van der Waals surface area contributed by atoms with Gasteiger partial charge in [0.15, 0.2) is 5.13 Å². The fourth-order valence-electron chi connectivity index (χ4n) is 1.43. The Labute approximate surface area is 112 Å². The van der Waals surface area contributed by atoms with Gasteiger partial charge < -0.3 is 15.5 Å². The molecule has 0 aliphatic heterocycles. The molecule has 2 aromatic rings. The number of thiazole rings is 1. The second-order valence-electron chi connectivity index (χ2n) is 3.75. The van der Waals surface area contributed by atoms with Crippen molar-refractivity contribution in [3.8, 4) is 5.75 Å². The normalized spacial score (nSPS) is 12.1. The minimum Gasteiger partial charge on any atom is -0.508 e. The largest absolute Gasteiger partial charge is 0.508 e. The van der Waals surface area contributed by atoms with E-state index in [2.05, 4.69) is 10.3 Å². The van der Waals surface area contributed by atoms with Gasteiger partial charge in [-0.05, 0) is 29.0 Å². The lowest BCUT2D eigenvalue weighted by Gasteiger charge is -2.11. The zero-order valence-electron chi connectivity index (χ0n) is 9.68. The van der Waals surface area contributed by atoms with Gasteiger partial charge in [-0.3, -0.25) is 10.1 Å². The number of benzene rings is 1. The van der Waals surface area contributed by atoms with Crippen LogP contribution in [-0.4, -0.2) is 26.7 Å². The fourth-order valence-corrected chi connectivity index (χ4v) is 2.07. The molecule has 0 aliphatic rings. The van der Waals surface area contributed by atoms with Crippen LogP contribution in [0.2, 0.25) is 0 Å². The van der Waals surface area contributed by atoms with E-state index in [0.29, 0.717) is 10.7 Å². The molecule has 100 valence electrons. The molecular formula is C11H11N3O4S. The smallest absolute Gasteiger partial charge is 0.345 e. The van der Waals surface area contributed by atoms with Crippen molar-refractivity contribution < 1.29 is 15.1 Å². The van der Waals surface area contributed by atoms with Crippen molar-refractivity contribution in [1.82, 2.24) is 4.98 Å². The minimum atomic E-state index is -0.788. The highest BCUT2D eigenvalue weighted by atomic mass is 32.1. The first-order valence-corrected chi connectivity index (χ1v) is 6.19. The highest BCUT2D eigenvalue weighted by molar-refractivity contribution is 7.18. The van der Waals surface area contributed by atoms with Gasteiger partial charge in [0.05, 0.1) is 11.0 Å². The third-order valence-corrected chi connectivity index (χ3v) is 3.30. The van der Waals surface area contributed by atoms with Gasteiger partial charge in [-0.15, -0.1) is 0 Å². The first-order valence-electron chi connectivity index (χ1n) is 5.37. The van der Waals surface area contributed by atoms with E-state index in [1.807, 2.05) is 0 Å². The lowest BCUT2D eigenvalue weighted by atomic mass is 10.1. The van der Waals surface area contributed by atoms with Crippen LogP contribution in [0, 0.1) is 10.1 Å². The van der Waals surface area contributed by atoms with Crippen LogP contribution in [0.1, 0.15) is 11.7 Å². The van der Waals surface area contributed by atoms with Crippen LogP contribution in [0.3, 0.4) is 0 Å². The van der Waals surface area contributed by atoms with Gasteiger partial charge in [0.1, 0.15) is 11.9 Å². The number of aromatic nitrogens is 1. The Balaban J connectivity index is 1.94. The Morgan fingerprint density at radius 3 is 2.68 bits per heavy atom. The Morgan fingerprint density at radius 1 is 1.42 bits per heavy atom. The molecule has 0 amide bonds. The number of aliphatic hydroxyl groups excluding tert-OH is 1. The number of phenolic OH excluding ortho intramolecular Hbond substituents is 1. The molecule has 1 heterocycles. The quantitative estimate of drug-likeness (QED) is 0.570. The van der Waals surface area contributed by atoms with Crippen molar-refractivity contribution in [2.45, 2.75) is 6.10 Å². The van der Waals surface area contributed by atoms with E-state index in [0.717, 1.165) is 11.3 Å². The summed E-state index contributed by atoms with van der Waals surface area (Å²) >= 11 is 0.908. The molecule has 1 atom stereocenters. The number of aromatic hydroxyl groups is 1. The van der Waals surface area contributed by atoms with E-state index in [1.165, 1.54) is 18.3 Å². The molecule has 0 fully saturated rings. The Bertz CT molecular complexity index is 570. The highest BCUT2D eigenvalue weighted by Gasteiger charge is 2.13. The summed E-state index contributed by atoms with van der Waals surface area (Å²) in [5.41, 5.74) is 0.636. The summed E-state index contributed by atoms with van der Waals surface area (Å²) < 4.78 is 0. The molecule has 19 heavy (non-hydrogen) atoms. The molecule has 1 aromatic carbocycles. The first-order chi connectivity index (χ1) is 9.06. The molecule has 1 unspecified atom stereocenters. The molecule has 2 rings (SSSR count). The molecule has 0 bridgehead atoms. The summed E-state index contributed by atoms with van der Waals surface area (Å²) in [7, 11) is 0. The summed E-state index contributed by atoms with van der Waals surface area (Å²) in [5, 5.41) is 32.6. The van der Waals surface area contributed by atoms with Gasteiger partial charge >= 0.3 is 5.00 Å². The second-order valence-corrected chi connectivity index (χ2v) is 4.76. The summed E-state index contributed by atoms with van der Waals surface area (Å²) in [6.07, 6.45) is 0.378. The van der Waals surface area contributed by atoms with E-state index in [-0.39, 0.29) is 17.3 Å². The van der Waals surface area contributed by atoms with Gasteiger partial charge in [-0.2, -0.15) is 0 Å². The number of nitrogens with one attached hydrogen (secondary N) is 1. The van der Waals surface area contributed by atoms with Crippen molar-refractivity contribution in [1.29, 1.82) is 0 Å². The van der Waals surface area contributed by atoms with Crippen molar-refractivity contribution in [2.24, 2.45) is 0 Å². The summed E-state index contributed by atoms with van der Waals surface area (Å²) in [5.74, 6) is 0.124. The third-order valence-electron chi connectivity index (χ3n) is 2.40. The zero-order valence-corrected chi connectivity index (χ0v) is 10.5.